The molecule has 0 bridgehead atoms. The number of carbonyl (C=O) groups is 1. The molecule has 20 heavy (non-hydrogen) atoms. The summed E-state index contributed by atoms with van der Waals surface area (Å²) in [7, 11) is 0. The Hall–Kier alpha value is -2.14. The molecule has 5 heteroatoms. The zero-order chi connectivity index (χ0) is 14.2. The van der Waals surface area contributed by atoms with Crippen LogP contribution >= 0.6 is 0 Å². The largest absolute Gasteiger partial charge is 0.355 e. The van der Waals surface area contributed by atoms with Gasteiger partial charge in [0.1, 0.15) is 0 Å². The molecule has 0 saturated heterocycles. The lowest BCUT2D eigenvalue weighted by atomic mass is 10.3. The Morgan fingerprint density at radius 1 is 1.40 bits per heavy atom. The van der Waals surface area contributed by atoms with Gasteiger partial charge >= 0.3 is 0 Å². The molecule has 0 aliphatic heterocycles. The highest BCUT2D eigenvalue weighted by atomic mass is 16.1. The summed E-state index contributed by atoms with van der Waals surface area (Å²) in [5, 5.41) is 5.85. The minimum atomic E-state index is 0.0161. The summed E-state index contributed by atoms with van der Waals surface area (Å²) in [5.74, 6) is 0.0161. The molecular weight excluding hydrogens is 252 g/mol. The van der Waals surface area contributed by atoms with Gasteiger partial charge in [0.25, 0.3) is 0 Å². The second-order valence-electron chi connectivity index (χ2n) is 4.55. The molecule has 2 N–H and O–H groups in total. The van der Waals surface area contributed by atoms with E-state index in [4.69, 9.17) is 0 Å². The average molecular weight is 272 g/mol. The maximum atomic E-state index is 11.5. The van der Waals surface area contributed by atoms with Gasteiger partial charge in [-0.1, -0.05) is 18.2 Å². The lowest BCUT2D eigenvalue weighted by Crippen LogP contribution is -2.34. The number of rotatable bonds is 8. The van der Waals surface area contributed by atoms with Crippen molar-refractivity contribution in [1.82, 2.24) is 20.2 Å². The van der Waals surface area contributed by atoms with Crippen molar-refractivity contribution in [2.24, 2.45) is 0 Å². The molecule has 0 aliphatic rings. The van der Waals surface area contributed by atoms with Crippen LogP contribution in [0.2, 0.25) is 0 Å². The molecule has 2 rings (SSSR count). The van der Waals surface area contributed by atoms with Crippen LogP contribution in [0, 0.1) is 0 Å². The molecule has 1 amide bonds. The van der Waals surface area contributed by atoms with E-state index < -0.39 is 0 Å². The molecule has 0 fully saturated rings. The van der Waals surface area contributed by atoms with E-state index in [1.165, 1.54) is 0 Å². The summed E-state index contributed by atoms with van der Waals surface area (Å²) in [4.78, 5) is 15.8. The van der Waals surface area contributed by atoms with E-state index in [0.29, 0.717) is 19.6 Å². The second-order valence-corrected chi connectivity index (χ2v) is 4.55. The fourth-order valence-corrected chi connectivity index (χ4v) is 2.02. The first-order chi connectivity index (χ1) is 9.81. The van der Waals surface area contributed by atoms with Gasteiger partial charge in [-0.15, -0.1) is 6.58 Å². The second kappa shape index (κ2) is 7.45. The van der Waals surface area contributed by atoms with Crippen molar-refractivity contribution in [3.05, 3.63) is 43.2 Å². The van der Waals surface area contributed by atoms with E-state index in [2.05, 4.69) is 32.8 Å². The average Bonchev–Trinajstić information content (AvgIpc) is 2.87. The minimum Gasteiger partial charge on any atom is -0.355 e. The number of aryl methyl sites for hydroxylation is 1. The Kier molecular flexibility index (Phi) is 5.32. The maximum Gasteiger partial charge on any atom is 0.233 e. The van der Waals surface area contributed by atoms with Crippen LogP contribution in [0.5, 0.6) is 0 Å². The highest BCUT2D eigenvalue weighted by Crippen LogP contribution is 2.11. The van der Waals surface area contributed by atoms with Crippen LogP contribution in [0.1, 0.15) is 6.42 Å². The van der Waals surface area contributed by atoms with Crippen LogP contribution < -0.4 is 10.6 Å². The molecule has 0 atom stereocenters. The molecule has 0 saturated carbocycles. The Balaban J connectivity index is 1.71. The molecule has 1 aromatic carbocycles. The molecule has 0 aliphatic carbocycles. The van der Waals surface area contributed by atoms with Crippen LogP contribution in [0.15, 0.2) is 43.2 Å². The molecule has 0 radical (unpaired) electrons. The Labute approximate surface area is 118 Å². The van der Waals surface area contributed by atoms with Gasteiger partial charge in [0.15, 0.2) is 0 Å². The van der Waals surface area contributed by atoms with Crippen LogP contribution in [0.4, 0.5) is 0 Å². The molecule has 2 aromatic rings. The zero-order valence-electron chi connectivity index (χ0n) is 11.5. The number of nitrogens with one attached hydrogen (secondary N) is 2. The van der Waals surface area contributed by atoms with E-state index >= 15 is 0 Å². The monoisotopic (exact) mass is 272 g/mol. The lowest BCUT2D eigenvalue weighted by molar-refractivity contribution is -0.120. The number of hydrogen-bond donors (Lipinski definition) is 2. The third-order valence-electron chi connectivity index (χ3n) is 3.00. The highest BCUT2D eigenvalue weighted by Gasteiger charge is 2.02. The van der Waals surface area contributed by atoms with E-state index in [1.54, 1.807) is 6.08 Å². The van der Waals surface area contributed by atoms with Gasteiger partial charge < -0.3 is 15.2 Å². The van der Waals surface area contributed by atoms with Crippen LogP contribution in [0.25, 0.3) is 11.0 Å². The summed E-state index contributed by atoms with van der Waals surface area (Å²) >= 11 is 0. The standard InChI is InChI=1S/C15H20N4O/c1-2-8-16-11-15(20)17-9-5-10-19-12-18-13-6-3-4-7-14(13)19/h2-4,6-7,12,16H,1,5,8-11H2,(H,17,20). The highest BCUT2D eigenvalue weighted by molar-refractivity contribution is 5.78. The van der Waals surface area contributed by atoms with Gasteiger partial charge in [-0.2, -0.15) is 0 Å². The molecule has 0 spiro atoms. The van der Waals surface area contributed by atoms with Crippen molar-refractivity contribution >= 4 is 16.9 Å². The van der Waals surface area contributed by atoms with Gasteiger partial charge in [0, 0.05) is 19.6 Å². The van der Waals surface area contributed by atoms with Crippen molar-refractivity contribution < 1.29 is 4.79 Å². The summed E-state index contributed by atoms with van der Waals surface area (Å²) in [6.45, 7) is 6.08. The predicted molar refractivity (Wildman–Crippen MR) is 80.4 cm³/mol. The quantitative estimate of drug-likeness (QED) is 0.563. The molecule has 0 unspecified atom stereocenters. The van der Waals surface area contributed by atoms with Gasteiger partial charge in [-0.3, -0.25) is 4.79 Å². The number of benzene rings is 1. The number of nitrogens with zero attached hydrogens (tertiary/aromatic N) is 2. The first kappa shape index (κ1) is 14.3. The van der Waals surface area contributed by atoms with Crippen molar-refractivity contribution in [2.45, 2.75) is 13.0 Å². The van der Waals surface area contributed by atoms with Crippen molar-refractivity contribution in [3.63, 3.8) is 0 Å². The van der Waals surface area contributed by atoms with E-state index in [1.807, 2.05) is 24.5 Å². The van der Waals surface area contributed by atoms with Crippen LogP contribution in [0.3, 0.4) is 0 Å². The van der Waals surface area contributed by atoms with Gasteiger partial charge in [-0.05, 0) is 18.6 Å². The SMILES string of the molecule is C=CCNCC(=O)NCCCn1cnc2ccccc21. The molecule has 1 heterocycles. The number of aromatic nitrogens is 2. The smallest absolute Gasteiger partial charge is 0.233 e. The number of amides is 1. The molecule has 5 nitrogen and oxygen atoms in total. The topological polar surface area (TPSA) is 59.0 Å². The van der Waals surface area contributed by atoms with Crippen molar-refractivity contribution in [2.75, 3.05) is 19.6 Å². The summed E-state index contributed by atoms with van der Waals surface area (Å²) in [6.07, 6.45) is 4.46. The van der Waals surface area contributed by atoms with Gasteiger partial charge in [0.05, 0.1) is 23.9 Å². The first-order valence-electron chi connectivity index (χ1n) is 6.79. The first-order valence-corrected chi connectivity index (χ1v) is 6.79. The fourth-order valence-electron chi connectivity index (χ4n) is 2.02. The molecule has 1 aromatic heterocycles. The molecule has 106 valence electrons. The van der Waals surface area contributed by atoms with Gasteiger partial charge in [0.2, 0.25) is 5.91 Å². The number of carbonyl (C=O) groups excluding carboxylic acids is 1. The van der Waals surface area contributed by atoms with Crippen molar-refractivity contribution in [3.8, 4) is 0 Å². The lowest BCUT2D eigenvalue weighted by Gasteiger charge is -2.07. The van der Waals surface area contributed by atoms with E-state index in [-0.39, 0.29) is 5.91 Å². The zero-order valence-corrected chi connectivity index (χ0v) is 11.5. The normalized spacial score (nSPS) is 10.6. The van der Waals surface area contributed by atoms with Crippen LogP contribution in [-0.2, 0) is 11.3 Å². The maximum absolute atomic E-state index is 11.5. The number of imidazole rings is 1. The Morgan fingerprint density at radius 3 is 3.10 bits per heavy atom. The third kappa shape index (κ3) is 3.93. The molecular formula is C15H20N4O. The predicted octanol–water partition coefficient (Wildman–Crippen LogP) is 1.32. The van der Waals surface area contributed by atoms with Gasteiger partial charge in [-0.25, -0.2) is 4.98 Å². The summed E-state index contributed by atoms with van der Waals surface area (Å²) in [5.41, 5.74) is 2.14. The van der Waals surface area contributed by atoms with Crippen molar-refractivity contribution in [1.29, 1.82) is 0 Å². The summed E-state index contributed by atoms with van der Waals surface area (Å²) in [6, 6.07) is 8.04. The number of para-hydroxylation sites is 2. The number of fused-ring (bicyclic) bond motifs is 1. The van der Waals surface area contributed by atoms with E-state index in [9.17, 15) is 4.79 Å². The van der Waals surface area contributed by atoms with Crippen LogP contribution in [-0.4, -0.2) is 35.1 Å². The fraction of sp³-hybridized carbons (Fsp3) is 0.333. The Morgan fingerprint density at radius 2 is 2.25 bits per heavy atom. The Bertz CT molecular complexity index is 576. The minimum absolute atomic E-state index is 0.0161. The van der Waals surface area contributed by atoms with E-state index in [0.717, 1.165) is 24.0 Å². The number of hydrogen-bond acceptors (Lipinski definition) is 3. The third-order valence-corrected chi connectivity index (χ3v) is 3.00. The summed E-state index contributed by atoms with van der Waals surface area (Å²) < 4.78 is 2.11.